The maximum atomic E-state index is 14.2. The Balaban J connectivity index is 1.35. The van der Waals surface area contributed by atoms with Crippen molar-refractivity contribution in [2.75, 3.05) is 28.4 Å². The minimum atomic E-state index is -1.31. The second-order valence-corrected chi connectivity index (χ2v) is 12.4. The third-order valence-electron chi connectivity index (χ3n) is 11.6. The van der Waals surface area contributed by atoms with E-state index in [0.717, 1.165) is 39.8 Å². The maximum absolute atomic E-state index is 14.2. The molecule has 4 heterocycles. The second kappa shape index (κ2) is 7.61. The minimum absolute atomic E-state index is 0.0746. The number of fused-ring (bicyclic) bond motifs is 23. The standard InChI is InChI=1S/C33H31NO7/c1-37-28-16-11-7-8-12-17(16)29(38-2)21-19-13-18(20(21)28)22-23(19)33(31(36)40-4)25-24(32(22,41-33)30(35)39-3)26-14-9-5-6-10-15(14)27(25)34-26/h5-12,18-19,22-27,34H,13H2,1-4H3/t18-,19+,22-,23+,24-,25+,26+,27-,32-,33+. The number of methoxy groups -OCH3 is 4. The number of carbonyl (C=O) groups is 2. The van der Waals surface area contributed by atoms with Crippen molar-refractivity contribution in [1.29, 1.82) is 0 Å². The van der Waals surface area contributed by atoms with Crippen LogP contribution in [0.15, 0.2) is 48.5 Å². The van der Waals surface area contributed by atoms with Gasteiger partial charge in [-0.15, -0.1) is 0 Å². The predicted octanol–water partition coefficient (Wildman–Crippen LogP) is 4.17. The quantitative estimate of drug-likeness (QED) is 0.482. The minimum Gasteiger partial charge on any atom is -0.496 e. The summed E-state index contributed by atoms with van der Waals surface area (Å²) < 4.78 is 30.5. The van der Waals surface area contributed by atoms with Crippen LogP contribution in [0.3, 0.4) is 0 Å². The molecular formula is C33H31NO7. The van der Waals surface area contributed by atoms with Crippen molar-refractivity contribution in [1.82, 2.24) is 5.32 Å². The number of benzene rings is 3. The molecule has 0 radical (unpaired) electrons. The Morgan fingerprint density at radius 2 is 1.15 bits per heavy atom. The van der Waals surface area contributed by atoms with Crippen LogP contribution in [0.4, 0.5) is 0 Å². The molecule has 10 atom stereocenters. The normalized spacial score (nSPS) is 39.3. The molecule has 0 amide bonds. The highest BCUT2D eigenvalue weighted by Crippen LogP contribution is 2.82. The van der Waals surface area contributed by atoms with E-state index in [1.54, 1.807) is 14.2 Å². The van der Waals surface area contributed by atoms with Crippen LogP contribution < -0.4 is 14.8 Å². The molecule has 41 heavy (non-hydrogen) atoms. The lowest BCUT2D eigenvalue weighted by molar-refractivity contribution is -0.186. The van der Waals surface area contributed by atoms with Crippen LogP contribution in [0, 0.1) is 23.7 Å². The zero-order valence-corrected chi connectivity index (χ0v) is 23.3. The first-order valence-corrected chi connectivity index (χ1v) is 14.4. The zero-order valence-electron chi connectivity index (χ0n) is 23.3. The molecule has 8 heteroatoms. The summed E-state index contributed by atoms with van der Waals surface area (Å²) in [4.78, 5) is 28.4. The Hall–Kier alpha value is -3.62. The van der Waals surface area contributed by atoms with Gasteiger partial charge >= 0.3 is 11.9 Å². The van der Waals surface area contributed by atoms with Gasteiger partial charge in [0.1, 0.15) is 11.5 Å². The van der Waals surface area contributed by atoms with Crippen molar-refractivity contribution in [2.24, 2.45) is 23.7 Å². The number of esters is 2. The van der Waals surface area contributed by atoms with E-state index in [1.807, 2.05) is 24.3 Å². The Kier molecular flexibility index (Phi) is 4.46. The molecule has 3 aromatic rings. The van der Waals surface area contributed by atoms with Crippen LogP contribution in [0.2, 0.25) is 0 Å². The summed E-state index contributed by atoms with van der Waals surface area (Å²) in [5.41, 5.74) is 1.87. The van der Waals surface area contributed by atoms with Gasteiger partial charge in [-0.1, -0.05) is 48.5 Å². The summed E-state index contributed by atoms with van der Waals surface area (Å²) in [6.45, 7) is 0. The van der Waals surface area contributed by atoms with Gasteiger partial charge in [-0.2, -0.15) is 0 Å². The number of nitrogens with one attached hydrogen (secondary N) is 1. The molecule has 3 saturated heterocycles. The van der Waals surface area contributed by atoms with E-state index < -0.39 is 23.1 Å². The number of hydrogen-bond acceptors (Lipinski definition) is 8. The summed E-state index contributed by atoms with van der Waals surface area (Å²) in [5, 5.41) is 5.74. The van der Waals surface area contributed by atoms with Crippen LogP contribution in [-0.4, -0.2) is 51.6 Å². The first-order valence-electron chi connectivity index (χ1n) is 14.4. The highest BCUT2D eigenvalue weighted by molar-refractivity contribution is 5.98. The van der Waals surface area contributed by atoms with Crippen molar-refractivity contribution in [3.8, 4) is 11.5 Å². The van der Waals surface area contributed by atoms with Gasteiger partial charge in [-0.3, -0.25) is 0 Å². The number of rotatable bonds is 4. The second-order valence-electron chi connectivity index (χ2n) is 12.4. The molecule has 6 bridgehead atoms. The van der Waals surface area contributed by atoms with Crippen molar-refractivity contribution < 1.29 is 33.3 Å². The molecule has 9 rings (SSSR count). The summed E-state index contributed by atoms with van der Waals surface area (Å²) in [6.07, 6.45) is 0.781. The van der Waals surface area contributed by atoms with Crippen molar-refractivity contribution in [2.45, 2.75) is 41.5 Å². The first-order chi connectivity index (χ1) is 20.0. The summed E-state index contributed by atoms with van der Waals surface area (Å²) in [7, 11) is 6.25. The smallest absolute Gasteiger partial charge is 0.338 e. The van der Waals surface area contributed by atoms with Gasteiger partial charge in [0.2, 0.25) is 0 Å². The van der Waals surface area contributed by atoms with Crippen LogP contribution in [0.25, 0.3) is 10.8 Å². The summed E-state index contributed by atoms with van der Waals surface area (Å²) in [5.74, 6) is -0.435. The van der Waals surface area contributed by atoms with Crippen LogP contribution in [-0.2, 0) is 23.8 Å². The maximum Gasteiger partial charge on any atom is 0.338 e. The molecule has 0 spiro atoms. The fourth-order valence-electron chi connectivity index (χ4n) is 10.8. The fourth-order valence-corrected chi connectivity index (χ4v) is 10.8. The van der Waals surface area contributed by atoms with Gasteiger partial charge in [0, 0.05) is 57.7 Å². The van der Waals surface area contributed by atoms with E-state index in [-0.39, 0.29) is 47.6 Å². The molecule has 0 aromatic heterocycles. The number of hydrogen-bond donors (Lipinski definition) is 1. The fraction of sp³-hybridized carbons (Fsp3) is 0.455. The molecule has 1 saturated carbocycles. The first kappa shape index (κ1) is 24.0. The highest BCUT2D eigenvalue weighted by Gasteiger charge is 2.90. The number of carbonyl (C=O) groups excluding carboxylic acids is 2. The van der Waals surface area contributed by atoms with Crippen molar-refractivity contribution >= 4 is 22.7 Å². The largest absolute Gasteiger partial charge is 0.496 e. The molecule has 3 aromatic carbocycles. The Bertz CT molecular complexity index is 1580. The number of ether oxygens (including phenoxy) is 5. The van der Waals surface area contributed by atoms with E-state index in [2.05, 4.69) is 29.6 Å². The molecule has 1 N–H and O–H groups in total. The molecule has 8 nitrogen and oxygen atoms in total. The molecular weight excluding hydrogens is 522 g/mol. The lowest BCUT2D eigenvalue weighted by Gasteiger charge is -2.49. The molecule has 4 aliphatic heterocycles. The Morgan fingerprint density at radius 3 is 1.56 bits per heavy atom. The highest BCUT2D eigenvalue weighted by atomic mass is 16.6. The van der Waals surface area contributed by atoms with Gasteiger partial charge in [0.05, 0.1) is 28.4 Å². The van der Waals surface area contributed by atoms with E-state index >= 15 is 0 Å². The van der Waals surface area contributed by atoms with Crippen LogP contribution >= 0.6 is 0 Å². The summed E-state index contributed by atoms with van der Waals surface area (Å²) >= 11 is 0. The van der Waals surface area contributed by atoms with Gasteiger partial charge in [0.15, 0.2) is 11.2 Å². The van der Waals surface area contributed by atoms with E-state index in [4.69, 9.17) is 23.7 Å². The van der Waals surface area contributed by atoms with Gasteiger partial charge in [-0.05, 0) is 29.4 Å². The van der Waals surface area contributed by atoms with E-state index in [1.165, 1.54) is 25.3 Å². The molecule has 6 aliphatic rings. The molecule has 0 unspecified atom stereocenters. The van der Waals surface area contributed by atoms with Crippen molar-refractivity contribution in [3.63, 3.8) is 0 Å². The lowest BCUT2D eigenvalue weighted by Crippen LogP contribution is -2.60. The lowest BCUT2D eigenvalue weighted by atomic mass is 9.49. The predicted molar refractivity (Wildman–Crippen MR) is 147 cm³/mol. The monoisotopic (exact) mass is 553 g/mol. The average Bonchev–Trinajstić information content (AvgIpc) is 3.84. The molecule has 4 fully saturated rings. The molecule has 210 valence electrons. The topological polar surface area (TPSA) is 92.3 Å². The van der Waals surface area contributed by atoms with E-state index in [9.17, 15) is 9.59 Å². The van der Waals surface area contributed by atoms with Gasteiger partial charge in [0.25, 0.3) is 0 Å². The third kappa shape index (κ3) is 2.31. The van der Waals surface area contributed by atoms with Crippen LogP contribution in [0.5, 0.6) is 11.5 Å². The third-order valence-corrected chi connectivity index (χ3v) is 11.6. The summed E-state index contributed by atoms with van der Waals surface area (Å²) in [6, 6.07) is 16.2. The Morgan fingerprint density at radius 1 is 0.707 bits per heavy atom. The van der Waals surface area contributed by atoms with Crippen molar-refractivity contribution in [3.05, 3.63) is 70.8 Å². The average molecular weight is 554 g/mol. The van der Waals surface area contributed by atoms with E-state index in [0.29, 0.717) is 0 Å². The van der Waals surface area contributed by atoms with Gasteiger partial charge < -0.3 is 29.0 Å². The van der Waals surface area contributed by atoms with Gasteiger partial charge in [-0.25, -0.2) is 9.59 Å². The van der Waals surface area contributed by atoms with Crippen LogP contribution in [0.1, 0.15) is 52.6 Å². The Labute approximate surface area is 237 Å². The SMILES string of the molecule is COC(=O)[C@@]12O[C@@](C(=O)OC)([C@@H]3[C@H]1[C@@H]1C[C@H]3c3c1c(OC)c1ccccc1c3OC)[C@H]1[C@@H]2[C@H]2N[C@@H]1c1ccccc12. The molecule has 2 aliphatic carbocycles. The zero-order chi connectivity index (χ0) is 28.0.